The number of carbonyl (C=O) groups is 2. The van der Waals surface area contributed by atoms with E-state index in [2.05, 4.69) is 0 Å². The molecule has 130 valence electrons. The van der Waals surface area contributed by atoms with Gasteiger partial charge in [-0.3, -0.25) is 10.1 Å². The number of hydrogen-bond donors (Lipinski definition) is 0. The minimum Gasteiger partial charge on any atom is -0.462 e. The Balaban J connectivity index is 2.21. The third-order valence-corrected chi connectivity index (χ3v) is 3.50. The average Bonchev–Trinajstić information content (AvgIpc) is 2.59. The van der Waals surface area contributed by atoms with Crippen LogP contribution in [-0.4, -0.2) is 23.5 Å². The number of para-hydroxylation sites is 1. The third-order valence-electron chi connectivity index (χ3n) is 3.50. The molecule has 0 N–H and O–H groups in total. The largest absolute Gasteiger partial charge is 0.462 e. The van der Waals surface area contributed by atoms with Crippen LogP contribution in [0.25, 0.3) is 0 Å². The fraction of sp³-hybridized carbons (Fsp3) is 0.222. The van der Waals surface area contributed by atoms with Gasteiger partial charge in [0.2, 0.25) is 0 Å². The standard InChI is InChI=1S/C18H17NO6/c1-3-24-17(20)14-9-4-5-10-15(14)18(21)25-11-13-8-6-7-12(2)16(13)19(22)23/h4-10H,3,11H2,1-2H3. The lowest BCUT2D eigenvalue weighted by Crippen LogP contribution is -2.14. The van der Waals surface area contributed by atoms with Gasteiger partial charge in [-0.1, -0.05) is 24.3 Å². The fourth-order valence-electron chi connectivity index (χ4n) is 2.37. The summed E-state index contributed by atoms with van der Waals surface area (Å²) < 4.78 is 10.1. The fourth-order valence-corrected chi connectivity index (χ4v) is 2.37. The van der Waals surface area contributed by atoms with Crippen molar-refractivity contribution in [3.8, 4) is 0 Å². The van der Waals surface area contributed by atoms with Gasteiger partial charge in [-0.05, 0) is 32.0 Å². The number of hydrogen-bond acceptors (Lipinski definition) is 6. The number of nitrogens with zero attached hydrogens (tertiary/aromatic N) is 1. The summed E-state index contributed by atoms with van der Waals surface area (Å²) >= 11 is 0. The van der Waals surface area contributed by atoms with Gasteiger partial charge in [0.1, 0.15) is 6.61 Å². The van der Waals surface area contributed by atoms with E-state index in [-0.39, 0.29) is 35.6 Å². The van der Waals surface area contributed by atoms with Gasteiger partial charge in [0.05, 0.1) is 28.2 Å². The molecule has 2 aromatic rings. The Morgan fingerprint density at radius 3 is 2.16 bits per heavy atom. The summed E-state index contributed by atoms with van der Waals surface area (Å²) in [6.45, 7) is 3.18. The first-order chi connectivity index (χ1) is 12.0. The van der Waals surface area contributed by atoms with Crippen LogP contribution in [0.5, 0.6) is 0 Å². The summed E-state index contributed by atoms with van der Waals surface area (Å²) in [7, 11) is 0. The lowest BCUT2D eigenvalue weighted by molar-refractivity contribution is -0.386. The molecule has 0 saturated carbocycles. The Labute approximate surface area is 144 Å². The second-order valence-electron chi connectivity index (χ2n) is 5.18. The van der Waals surface area contributed by atoms with E-state index < -0.39 is 16.9 Å². The monoisotopic (exact) mass is 343 g/mol. The minimum atomic E-state index is -0.751. The van der Waals surface area contributed by atoms with E-state index in [1.165, 1.54) is 18.2 Å². The molecule has 0 saturated heterocycles. The highest BCUT2D eigenvalue weighted by Gasteiger charge is 2.21. The van der Waals surface area contributed by atoms with Crippen molar-refractivity contribution in [2.45, 2.75) is 20.5 Å². The molecule has 0 atom stereocenters. The lowest BCUT2D eigenvalue weighted by atomic mass is 10.1. The Bertz CT molecular complexity index is 815. The van der Waals surface area contributed by atoms with Crippen molar-refractivity contribution in [3.63, 3.8) is 0 Å². The molecule has 0 fully saturated rings. The van der Waals surface area contributed by atoms with E-state index >= 15 is 0 Å². The molecule has 25 heavy (non-hydrogen) atoms. The van der Waals surface area contributed by atoms with Crippen LogP contribution < -0.4 is 0 Å². The molecule has 0 aliphatic rings. The molecule has 2 aromatic carbocycles. The SMILES string of the molecule is CCOC(=O)c1ccccc1C(=O)OCc1cccc(C)c1[N+](=O)[O-]. The number of aryl methyl sites for hydroxylation is 1. The van der Waals surface area contributed by atoms with Gasteiger partial charge in [0, 0.05) is 5.56 Å². The van der Waals surface area contributed by atoms with Gasteiger partial charge >= 0.3 is 11.9 Å². The van der Waals surface area contributed by atoms with E-state index in [1.807, 2.05) is 0 Å². The van der Waals surface area contributed by atoms with Crippen LogP contribution in [0.3, 0.4) is 0 Å². The van der Waals surface area contributed by atoms with E-state index in [9.17, 15) is 19.7 Å². The molecule has 0 aliphatic heterocycles. The van der Waals surface area contributed by atoms with Crippen molar-refractivity contribution in [2.24, 2.45) is 0 Å². The maximum absolute atomic E-state index is 12.3. The lowest BCUT2D eigenvalue weighted by Gasteiger charge is -2.10. The number of carbonyl (C=O) groups excluding carboxylic acids is 2. The molecule has 0 aliphatic carbocycles. The summed E-state index contributed by atoms with van der Waals surface area (Å²) in [5, 5.41) is 11.2. The van der Waals surface area contributed by atoms with Gasteiger partial charge in [-0.15, -0.1) is 0 Å². The van der Waals surface area contributed by atoms with Crippen molar-refractivity contribution in [1.82, 2.24) is 0 Å². The van der Waals surface area contributed by atoms with Gasteiger partial charge in [-0.2, -0.15) is 0 Å². The van der Waals surface area contributed by atoms with Crippen LogP contribution in [0.4, 0.5) is 5.69 Å². The smallest absolute Gasteiger partial charge is 0.339 e. The van der Waals surface area contributed by atoms with E-state index in [0.29, 0.717) is 5.56 Å². The minimum absolute atomic E-state index is 0.0521. The molecule has 2 rings (SSSR count). The zero-order chi connectivity index (χ0) is 18.4. The molecule has 7 heteroatoms. The number of nitro groups is 1. The van der Waals surface area contributed by atoms with Crippen LogP contribution in [0, 0.1) is 17.0 Å². The number of rotatable bonds is 6. The summed E-state index contributed by atoms with van der Waals surface area (Å²) in [4.78, 5) is 34.9. The molecule has 0 radical (unpaired) electrons. The van der Waals surface area contributed by atoms with Crippen molar-refractivity contribution < 1.29 is 24.0 Å². The van der Waals surface area contributed by atoms with Gasteiger partial charge in [-0.25, -0.2) is 9.59 Å². The Kier molecular flexibility index (Phi) is 5.84. The summed E-state index contributed by atoms with van der Waals surface area (Å²) in [6, 6.07) is 10.9. The van der Waals surface area contributed by atoms with Gasteiger partial charge in [0.25, 0.3) is 5.69 Å². The van der Waals surface area contributed by atoms with Gasteiger partial charge in [0.15, 0.2) is 0 Å². The molecule has 0 aromatic heterocycles. The molecule has 7 nitrogen and oxygen atoms in total. The van der Waals surface area contributed by atoms with E-state index in [1.54, 1.807) is 38.1 Å². The maximum atomic E-state index is 12.3. The topological polar surface area (TPSA) is 95.7 Å². The van der Waals surface area contributed by atoms with Crippen LogP contribution >= 0.6 is 0 Å². The second-order valence-corrected chi connectivity index (χ2v) is 5.18. The third kappa shape index (κ3) is 4.20. The Morgan fingerprint density at radius 2 is 1.60 bits per heavy atom. The maximum Gasteiger partial charge on any atom is 0.339 e. The highest BCUT2D eigenvalue weighted by molar-refractivity contribution is 6.03. The quantitative estimate of drug-likeness (QED) is 0.453. The van der Waals surface area contributed by atoms with Crippen molar-refractivity contribution >= 4 is 17.6 Å². The average molecular weight is 343 g/mol. The molecule has 0 bridgehead atoms. The molecule has 0 unspecified atom stereocenters. The van der Waals surface area contributed by atoms with Crippen LogP contribution in [0.1, 0.15) is 38.8 Å². The predicted octanol–water partition coefficient (Wildman–Crippen LogP) is 3.44. The van der Waals surface area contributed by atoms with Crippen LogP contribution in [0.15, 0.2) is 42.5 Å². The Hall–Kier alpha value is -3.22. The summed E-state index contributed by atoms with van der Waals surface area (Å²) in [5.74, 6) is -1.38. The number of nitro benzene ring substituents is 1. The molecular formula is C18H17NO6. The van der Waals surface area contributed by atoms with E-state index in [0.717, 1.165) is 0 Å². The normalized spacial score (nSPS) is 10.2. The first-order valence-corrected chi connectivity index (χ1v) is 7.61. The first-order valence-electron chi connectivity index (χ1n) is 7.61. The van der Waals surface area contributed by atoms with Crippen molar-refractivity contribution in [3.05, 3.63) is 74.8 Å². The predicted molar refractivity (Wildman–Crippen MR) is 89.4 cm³/mol. The zero-order valence-electron chi connectivity index (χ0n) is 13.9. The Morgan fingerprint density at radius 1 is 1.00 bits per heavy atom. The highest BCUT2D eigenvalue weighted by Crippen LogP contribution is 2.24. The highest BCUT2D eigenvalue weighted by atomic mass is 16.6. The van der Waals surface area contributed by atoms with Crippen LogP contribution in [0.2, 0.25) is 0 Å². The zero-order valence-corrected chi connectivity index (χ0v) is 13.9. The summed E-state index contributed by atoms with van der Waals surface area (Å²) in [6.07, 6.45) is 0. The van der Waals surface area contributed by atoms with Crippen LogP contribution in [-0.2, 0) is 16.1 Å². The molecule has 0 spiro atoms. The number of esters is 2. The molecule has 0 amide bonds. The van der Waals surface area contributed by atoms with Crippen molar-refractivity contribution in [1.29, 1.82) is 0 Å². The number of benzene rings is 2. The number of ether oxygens (including phenoxy) is 2. The molecular weight excluding hydrogens is 326 g/mol. The first kappa shape index (κ1) is 18.1. The summed E-state index contributed by atoms with van der Waals surface area (Å²) in [5.41, 5.74) is 0.816. The second kappa shape index (κ2) is 8.05. The van der Waals surface area contributed by atoms with E-state index in [4.69, 9.17) is 9.47 Å². The van der Waals surface area contributed by atoms with Gasteiger partial charge < -0.3 is 9.47 Å². The van der Waals surface area contributed by atoms with Crippen molar-refractivity contribution in [2.75, 3.05) is 6.61 Å². The molecule has 0 heterocycles.